The number of nitrogens with one attached hydrogen (secondary N) is 1. The highest BCUT2D eigenvalue weighted by Crippen LogP contribution is 2.64. The van der Waals surface area contributed by atoms with Gasteiger partial charge in [-0.05, 0) is 55.7 Å². The lowest BCUT2D eigenvalue weighted by molar-refractivity contribution is 0.899. The normalized spacial score (nSPS) is 22.6. The Balaban J connectivity index is 1.58. The number of aryl methyl sites for hydroxylation is 2. The Hall–Kier alpha value is -1.93. The Morgan fingerprint density at radius 1 is 0.967 bits per heavy atom. The van der Waals surface area contributed by atoms with Gasteiger partial charge in [-0.3, -0.25) is 0 Å². The molecule has 3 unspecified atom stereocenters. The van der Waals surface area contributed by atoms with Crippen molar-refractivity contribution in [1.29, 1.82) is 0 Å². The van der Waals surface area contributed by atoms with Crippen LogP contribution in [0, 0.1) is 19.8 Å². The summed E-state index contributed by atoms with van der Waals surface area (Å²) < 4.78 is 0. The Kier molecular flexibility index (Phi) is 5.66. The van der Waals surface area contributed by atoms with Crippen molar-refractivity contribution < 1.29 is 0 Å². The molecule has 3 atom stereocenters. The first kappa shape index (κ1) is 21.3. The first-order chi connectivity index (χ1) is 14.2. The van der Waals surface area contributed by atoms with Gasteiger partial charge < -0.3 is 5.32 Å². The van der Waals surface area contributed by atoms with Crippen LogP contribution in [0.2, 0.25) is 10.0 Å². The molecule has 4 heteroatoms. The van der Waals surface area contributed by atoms with E-state index >= 15 is 0 Å². The predicted octanol–water partition coefficient (Wildman–Crippen LogP) is 8.61. The Bertz CT molecular complexity index is 1100. The Labute approximate surface area is 193 Å². The molecule has 0 aromatic heterocycles. The van der Waals surface area contributed by atoms with Crippen LogP contribution >= 0.6 is 34.8 Å². The van der Waals surface area contributed by atoms with Gasteiger partial charge in [0.05, 0.1) is 15.6 Å². The molecule has 1 N–H and O–H groups in total. The van der Waals surface area contributed by atoms with E-state index in [1.54, 1.807) is 0 Å². The highest BCUT2D eigenvalue weighted by atomic mass is 35.5. The first-order valence-electron chi connectivity index (χ1n) is 9.96. The van der Waals surface area contributed by atoms with Crippen molar-refractivity contribution in [2.75, 3.05) is 5.32 Å². The number of rotatable bonds is 5. The van der Waals surface area contributed by atoms with Crippen LogP contribution in [-0.2, 0) is 0 Å². The molecule has 154 valence electrons. The summed E-state index contributed by atoms with van der Waals surface area (Å²) in [5, 5.41) is 4.84. The maximum absolute atomic E-state index is 6.88. The fourth-order valence-electron chi connectivity index (χ4n) is 4.32. The minimum atomic E-state index is -0.414. The van der Waals surface area contributed by atoms with Crippen molar-refractivity contribution in [2.24, 2.45) is 5.92 Å². The highest BCUT2D eigenvalue weighted by molar-refractivity contribution is 6.36. The molecule has 1 saturated carbocycles. The second-order valence-electron chi connectivity index (χ2n) is 8.35. The number of benzene rings is 3. The number of hydrogen-bond donors (Lipinski definition) is 1. The molecule has 0 heterocycles. The van der Waals surface area contributed by atoms with Crippen LogP contribution < -0.4 is 5.32 Å². The number of alkyl halides is 1. The SMILES string of the molecule is C=C(Nc1cccc(-c2ccc(C)cc2)c1Cl)C1C(c2cc(C)cc(Cl)c2)C1(C)Cl. The van der Waals surface area contributed by atoms with Crippen LogP contribution in [0.1, 0.15) is 29.5 Å². The summed E-state index contributed by atoms with van der Waals surface area (Å²) in [6.45, 7) is 10.5. The van der Waals surface area contributed by atoms with Gasteiger partial charge in [-0.2, -0.15) is 0 Å². The molecular formula is C26H24Cl3N. The van der Waals surface area contributed by atoms with Gasteiger partial charge in [0.2, 0.25) is 0 Å². The quantitative estimate of drug-likeness (QED) is 0.379. The van der Waals surface area contributed by atoms with Crippen molar-refractivity contribution in [2.45, 2.75) is 31.6 Å². The zero-order valence-electron chi connectivity index (χ0n) is 17.3. The van der Waals surface area contributed by atoms with Crippen LogP contribution in [-0.4, -0.2) is 4.87 Å². The minimum absolute atomic E-state index is 0.0798. The maximum Gasteiger partial charge on any atom is 0.0719 e. The number of allylic oxidation sites excluding steroid dienone is 1. The average molecular weight is 457 g/mol. The van der Waals surface area contributed by atoms with Gasteiger partial charge in [0.15, 0.2) is 0 Å². The molecule has 30 heavy (non-hydrogen) atoms. The molecule has 0 radical (unpaired) electrons. The van der Waals surface area contributed by atoms with E-state index in [0.29, 0.717) is 5.02 Å². The van der Waals surface area contributed by atoms with Gasteiger partial charge in [0.1, 0.15) is 0 Å². The lowest BCUT2D eigenvalue weighted by Crippen LogP contribution is -2.06. The number of hydrogen-bond acceptors (Lipinski definition) is 1. The van der Waals surface area contributed by atoms with Crippen molar-refractivity contribution in [3.63, 3.8) is 0 Å². The summed E-state index contributed by atoms with van der Waals surface area (Å²) in [6, 6.07) is 20.5. The smallest absolute Gasteiger partial charge is 0.0719 e. The molecule has 1 nitrogen and oxygen atoms in total. The van der Waals surface area contributed by atoms with Gasteiger partial charge in [0.25, 0.3) is 0 Å². The lowest BCUT2D eigenvalue weighted by Gasteiger charge is -2.15. The van der Waals surface area contributed by atoms with Gasteiger partial charge in [-0.1, -0.05) is 77.8 Å². The molecule has 0 aliphatic heterocycles. The molecule has 1 aliphatic carbocycles. The van der Waals surface area contributed by atoms with E-state index in [-0.39, 0.29) is 11.8 Å². The fraction of sp³-hybridized carbons (Fsp3) is 0.231. The van der Waals surface area contributed by atoms with Crippen LogP contribution in [0.15, 0.2) is 72.9 Å². The van der Waals surface area contributed by atoms with Crippen molar-refractivity contribution >= 4 is 40.5 Å². The third kappa shape index (κ3) is 3.99. The van der Waals surface area contributed by atoms with E-state index in [1.807, 2.05) is 37.3 Å². The topological polar surface area (TPSA) is 12.0 Å². The van der Waals surface area contributed by atoms with E-state index in [2.05, 4.69) is 56.1 Å². The molecule has 0 spiro atoms. The predicted molar refractivity (Wildman–Crippen MR) is 131 cm³/mol. The van der Waals surface area contributed by atoms with E-state index in [1.165, 1.54) is 5.56 Å². The van der Waals surface area contributed by atoms with E-state index in [0.717, 1.165) is 38.7 Å². The van der Waals surface area contributed by atoms with Gasteiger partial charge in [0, 0.05) is 28.1 Å². The van der Waals surface area contributed by atoms with Crippen molar-refractivity contribution in [1.82, 2.24) is 0 Å². The second kappa shape index (κ2) is 7.96. The summed E-state index contributed by atoms with van der Waals surface area (Å²) in [7, 11) is 0. The van der Waals surface area contributed by atoms with Crippen molar-refractivity contribution in [3.8, 4) is 11.1 Å². The van der Waals surface area contributed by atoms with E-state index < -0.39 is 4.87 Å². The molecular weight excluding hydrogens is 433 g/mol. The van der Waals surface area contributed by atoms with Crippen LogP contribution in [0.25, 0.3) is 11.1 Å². The van der Waals surface area contributed by atoms with Crippen molar-refractivity contribution in [3.05, 3.63) is 99.7 Å². The monoisotopic (exact) mass is 455 g/mol. The largest absolute Gasteiger partial charge is 0.358 e. The first-order valence-corrected chi connectivity index (χ1v) is 11.1. The molecule has 1 fully saturated rings. The lowest BCUT2D eigenvalue weighted by atomic mass is 10.0. The third-order valence-electron chi connectivity index (χ3n) is 5.90. The Morgan fingerprint density at radius 3 is 2.33 bits per heavy atom. The molecule has 0 saturated heterocycles. The van der Waals surface area contributed by atoms with Crippen LogP contribution in [0.3, 0.4) is 0 Å². The third-order valence-corrected chi connectivity index (χ3v) is 6.99. The summed E-state index contributed by atoms with van der Waals surface area (Å²) in [6.07, 6.45) is 0. The van der Waals surface area contributed by atoms with Gasteiger partial charge >= 0.3 is 0 Å². The highest BCUT2D eigenvalue weighted by Gasteiger charge is 2.62. The fourth-order valence-corrected chi connectivity index (χ4v) is 5.35. The maximum atomic E-state index is 6.88. The molecule has 4 rings (SSSR count). The van der Waals surface area contributed by atoms with Gasteiger partial charge in [-0.25, -0.2) is 0 Å². The number of halogens is 3. The summed E-state index contributed by atoms with van der Waals surface area (Å²) in [4.78, 5) is -0.414. The molecule has 0 bridgehead atoms. The summed E-state index contributed by atoms with van der Waals surface area (Å²) >= 11 is 19.9. The molecule has 0 amide bonds. The molecule has 1 aliphatic rings. The average Bonchev–Trinajstić information content (AvgIpc) is 3.26. The van der Waals surface area contributed by atoms with E-state index in [9.17, 15) is 0 Å². The second-order valence-corrected chi connectivity index (χ2v) is 9.98. The van der Waals surface area contributed by atoms with E-state index in [4.69, 9.17) is 34.8 Å². The Morgan fingerprint density at radius 2 is 1.67 bits per heavy atom. The summed E-state index contributed by atoms with van der Waals surface area (Å²) in [5.41, 5.74) is 7.25. The van der Waals surface area contributed by atoms with Crippen LogP contribution in [0.5, 0.6) is 0 Å². The summed E-state index contributed by atoms with van der Waals surface area (Å²) in [5.74, 6) is 0.228. The number of anilines is 1. The standard InChI is InChI=1S/C26H24Cl3N/c1-15-8-10-18(11-9-15)21-6-5-7-22(25(21)28)30-17(3)23-24(26(23,4)29)19-12-16(2)13-20(27)14-19/h5-14,23-24,30H,3H2,1-2,4H3. The zero-order chi connectivity index (χ0) is 21.6. The minimum Gasteiger partial charge on any atom is -0.358 e. The zero-order valence-corrected chi connectivity index (χ0v) is 19.5. The molecule has 3 aromatic rings. The van der Waals surface area contributed by atoms with Gasteiger partial charge in [-0.15, -0.1) is 11.6 Å². The molecule has 3 aromatic carbocycles. The van der Waals surface area contributed by atoms with Crippen LogP contribution in [0.4, 0.5) is 5.69 Å².